The number of hydrogen-bond acceptors (Lipinski definition) is 5. The Kier molecular flexibility index (Phi) is 6.77. The molecule has 1 saturated heterocycles. The van der Waals surface area contributed by atoms with E-state index in [0.29, 0.717) is 13.0 Å². The van der Waals surface area contributed by atoms with Gasteiger partial charge in [0, 0.05) is 30.1 Å². The minimum Gasteiger partial charge on any atom is -0.379 e. The van der Waals surface area contributed by atoms with E-state index in [1.165, 1.54) is 5.56 Å². The van der Waals surface area contributed by atoms with E-state index in [4.69, 9.17) is 4.74 Å². The molecule has 0 aliphatic carbocycles. The summed E-state index contributed by atoms with van der Waals surface area (Å²) in [5.41, 5.74) is 3.24. The van der Waals surface area contributed by atoms with E-state index in [2.05, 4.69) is 46.4 Å². The smallest absolute Gasteiger partial charge is 0.225 e. The number of aromatic nitrogens is 1. The lowest BCUT2D eigenvalue weighted by atomic mass is 10.1. The number of aryl methyl sites for hydroxylation is 2. The number of morpholine rings is 1. The maximum absolute atomic E-state index is 12.3. The molecule has 3 rings (SSSR count). The predicted molar refractivity (Wildman–Crippen MR) is 106 cm³/mol. The van der Waals surface area contributed by atoms with E-state index < -0.39 is 0 Å². The van der Waals surface area contributed by atoms with Crippen molar-refractivity contribution in [1.29, 1.82) is 0 Å². The Morgan fingerprint density at radius 2 is 1.96 bits per heavy atom. The molecule has 2 heterocycles. The molecule has 1 aliphatic heterocycles. The van der Waals surface area contributed by atoms with Crippen LogP contribution in [0.2, 0.25) is 0 Å². The van der Waals surface area contributed by atoms with Gasteiger partial charge in [0.2, 0.25) is 5.91 Å². The quantitative estimate of drug-likeness (QED) is 0.759. The van der Waals surface area contributed by atoms with Crippen LogP contribution >= 0.6 is 11.3 Å². The first kappa shape index (κ1) is 19.0. The van der Waals surface area contributed by atoms with Crippen LogP contribution in [0.4, 0.5) is 0 Å². The summed E-state index contributed by atoms with van der Waals surface area (Å²) in [5, 5.41) is 4.05. The number of hydrogen-bond donors (Lipinski definition) is 1. The van der Waals surface area contributed by atoms with Crippen molar-refractivity contribution in [2.45, 2.75) is 26.7 Å². The number of rotatable bonds is 7. The highest BCUT2D eigenvalue weighted by atomic mass is 32.1. The van der Waals surface area contributed by atoms with E-state index in [-0.39, 0.29) is 5.91 Å². The average Bonchev–Trinajstić information content (AvgIpc) is 3.00. The van der Waals surface area contributed by atoms with Gasteiger partial charge in [0.05, 0.1) is 30.3 Å². The third kappa shape index (κ3) is 5.37. The van der Waals surface area contributed by atoms with Gasteiger partial charge in [-0.15, -0.1) is 11.3 Å². The second kappa shape index (κ2) is 9.26. The number of nitrogens with zero attached hydrogens (tertiary/aromatic N) is 2. The molecule has 1 aromatic carbocycles. The van der Waals surface area contributed by atoms with Crippen LogP contribution in [-0.2, 0) is 16.0 Å². The average molecular weight is 374 g/mol. The number of nitrogens with one attached hydrogen (secondary N) is 1. The zero-order valence-electron chi connectivity index (χ0n) is 15.6. The summed E-state index contributed by atoms with van der Waals surface area (Å²) in [5.74, 6) is 0.0731. The Labute approximate surface area is 159 Å². The Balaban J connectivity index is 1.50. The lowest BCUT2D eigenvalue weighted by molar-refractivity contribution is -0.120. The predicted octanol–water partition coefficient (Wildman–Crippen LogP) is 2.81. The van der Waals surface area contributed by atoms with E-state index in [1.54, 1.807) is 11.3 Å². The minimum absolute atomic E-state index is 0.0731. The minimum atomic E-state index is 0.0731. The van der Waals surface area contributed by atoms with Gasteiger partial charge in [0.1, 0.15) is 0 Å². The van der Waals surface area contributed by atoms with Gasteiger partial charge in [-0.25, -0.2) is 4.98 Å². The Bertz CT molecular complexity index is 721. The van der Waals surface area contributed by atoms with Crippen LogP contribution < -0.4 is 5.32 Å². The fourth-order valence-corrected chi connectivity index (χ4v) is 4.05. The van der Waals surface area contributed by atoms with Gasteiger partial charge in [-0.1, -0.05) is 29.8 Å². The van der Waals surface area contributed by atoms with Gasteiger partial charge >= 0.3 is 0 Å². The van der Waals surface area contributed by atoms with Gasteiger partial charge in [0.15, 0.2) is 0 Å². The molecular weight excluding hydrogens is 346 g/mol. The zero-order valence-corrected chi connectivity index (χ0v) is 16.4. The molecular formula is C20H27N3O2S. The highest BCUT2D eigenvalue weighted by molar-refractivity contribution is 7.12. The number of benzene rings is 1. The van der Waals surface area contributed by atoms with Crippen LogP contribution in [0.5, 0.6) is 0 Å². The second-order valence-electron chi connectivity index (χ2n) is 6.70. The molecule has 0 saturated carbocycles. The molecule has 1 amide bonds. The summed E-state index contributed by atoms with van der Waals surface area (Å²) in [7, 11) is 0. The zero-order chi connectivity index (χ0) is 18.4. The van der Waals surface area contributed by atoms with Crippen molar-refractivity contribution in [2.75, 3.05) is 39.4 Å². The first-order valence-electron chi connectivity index (χ1n) is 9.22. The van der Waals surface area contributed by atoms with E-state index >= 15 is 0 Å². The van der Waals surface area contributed by atoms with Crippen molar-refractivity contribution in [1.82, 2.24) is 15.2 Å². The maximum atomic E-state index is 12.3. The molecule has 1 fully saturated rings. The topological polar surface area (TPSA) is 54.5 Å². The fourth-order valence-electron chi connectivity index (χ4n) is 3.09. The molecule has 0 radical (unpaired) electrons. The summed E-state index contributed by atoms with van der Waals surface area (Å²) < 4.78 is 5.35. The number of carbonyl (C=O) groups is 1. The second-order valence-corrected chi connectivity index (χ2v) is 7.99. The Morgan fingerprint density at radius 3 is 2.69 bits per heavy atom. The molecule has 1 aliphatic rings. The monoisotopic (exact) mass is 373 g/mol. The number of thiazole rings is 1. The molecule has 5 nitrogen and oxygen atoms in total. The molecule has 0 bridgehead atoms. The van der Waals surface area contributed by atoms with Crippen LogP contribution in [0.1, 0.15) is 21.9 Å². The van der Waals surface area contributed by atoms with Crippen LogP contribution in [0.15, 0.2) is 24.3 Å². The molecule has 0 spiro atoms. The molecule has 0 atom stereocenters. The molecule has 1 aromatic heterocycles. The van der Waals surface area contributed by atoms with Crippen LogP contribution in [-0.4, -0.2) is 55.2 Å². The number of amides is 1. The van der Waals surface area contributed by atoms with Crippen molar-refractivity contribution in [3.05, 3.63) is 39.7 Å². The van der Waals surface area contributed by atoms with Gasteiger partial charge in [-0.2, -0.15) is 0 Å². The summed E-state index contributed by atoms with van der Waals surface area (Å²) in [6.07, 6.45) is 1.37. The Hall–Kier alpha value is -1.76. The standard InChI is InChI=1S/C20H27N3O2S/c1-15-4-6-17(7-5-15)20-18(26-16(2)22-20)14-19(24)21-8-3-9-23-10-12-25-13-11-23/h4-7H,3,8-14H2,1-2H3,(H,21,24). The normalized spacial score (nSPS) is 15.2. The van der Waals surface area contributed by atoms with Gasteiger partial charge in [-0.3, -0.25) is 9.69 Å². The van der Waals surface area contributed by atoms with Gasteiger partial charge in [-0.05, 0) is 26.8 Å². The van der Waals surface area contributed by atoms with Crippen molar-refractivity contribution >= 4 is 17.2 Å². The highest BCUT2D eigenvalue weighted by Crippen LogP contribution is 2.28. The summed E-state index contributed by atoms with van der Waals surface area (Å²) in [6.45, 7) is 9.42. The molecule has 2 aromatic rings. The maximum Gasteiger partial charge on any atom is 0.225 e. The molecule has 26 heavy (non-hydrogen) atoms. The van der Waals surface area contributed by atoms with Gasteiger partial charge < -0.3 is 10.1 Å². The summed E-state index contributed by atoms with van der Waals surface area (Å²) in [6, 6.07) is 8.32. The van der Waals surface area contributed by atoms with E-state index in [1.807, 2.05) is 6.92 Å². The third-order valence-electron chi connectivity index (χ3n) is 4.53. The molecule has 6 heteroatoms. The molecule has 140 valence electrons. The van der Waals surface area contributed by atoms with Crippen LogP contribution in [0.25, 0.3) is 11.3 Å². The first-order valence-corrected chi connectivity index (χ1v) is 10.0. The largest absolute Gasteiger partial charge is 0.379 e. The Morgan fingerprint density at radius 1 is 1.23 bits per heavy atom. The van der Waals surface area contributed by atoms with Crippen molar-refractivity contribution in [2.24, 2.45) is 0 Å². The summed E-state index contributed by atoms with van der Waals surface area (Å²) in [4.78, 5) is 20.4. The number of carbonyl (C=O) groups excluding carboxylic acids is 1. The highest BCUT2D eigenvalue weighted by Gasteiger charge is 2.15. The van der Waals surface area contributed by atoms with Crippen molar-refractivity contribution in [3.8, 4) is 11.3 Å². The van der Waals surface area contributed by atoms with E-state index in [0.717, 1.165) is 60.4 Å². The lowest BCUT2D eigenvalue weighted by Crippen LogP contribution is -2.38. The SMILES string of the molecule is Cc1ccc(-c2nc(C)sc2CC(=O)NCCCN2CCOCC2)cc1. The van der Waals surface area contributed by atoms with E-state index in [9.17, 15) is 4.79 Å². The van der Waals surface area contributed by atoms with Crippen molar-refractivity contribution in [3.63, 3.8) is 0 Å². The molecule has 1 N–H and O–H groups in total. The lowest BCUT2D eigenvalue weighted by Gasteiger charge is -2.26. The first-order chi connectivity index (χ1) is 12.6. The molecule has 0 unspecified atom stereocenters. The van der Waals surface area contributed by atoms with Crippen LogP contribution in [0, 0.1) is 13.8 Å². The van der Waals surface area contributed by atoms with Gasteiger partial charge in [0.25, 0.3) is 0 Å². The third-order valence-corrected chi connectivity index (χ3v) is 5.50. The van der Waals surface area contributed by atoms with Crippen LogP contribution in [0.3, 0.4) is 0 Å². The fraction of sp³-hybridized carbons (Fsp3) is 0.500. The summed E-state index contributed by atoms with van der Waals surface area (Å²) >= 11 is 1.61. The van der Waals surface area contributed by atoms with Crippen molar-refractivity contribution < 1.29 is 9.53 Å². The number of ether oxygens (including phenoxy) is 1.